The van der Waals surface area contributed by atoms with Gasteiger partial charge in [-0.15, -0.1) is 0 Å². The second kappa shape index (κ2) is 9.79. The Balaban J connectivity index is 2.22. The van der Waals surface area contributed by atoms with Gasteiger partial charge in [0.15, 0.2) is 0 Å². The Labute approximate surface area is 117 Å². The molecule has 1 rings (SSSR count). The third-order valence-corrected chi connectivity index (χ3v) is 3.49. The zero-order valence-electron chi connectivity index (χ0n) is 12.4. The maximum atomic E-state index is 6.19. The van der Waals surface area contributed by atoms with Gasteiger partial charge in [-0.3, -0.25) is 4.98 Å². The minimum absolute atomic E-state index is 0.00760. The Morgan fingerprint density at radius 3 is 2.53 bits per heavy atom. The first kappa shape index (κ1) is 16.0. The van der Waals surface area contributed by atoms with Crippen LogP contribution in [0.4, 0.5) is 0 Å². The predicted molar refractivity (Wildman–Crippen MR) is 80.3 cm³/mol. The summed E-state index contributed by atoms with van der Waals surface area (Å²) in [4.78, 5) is 4.34. The minimum Gasteiger partial charge on any atom is -0.495 e. The van der Waals surface area contributed by atoms with Gasteiger partial charge in [-0.1, -0.05) is 51.9 Å². The fraction of sp³-hybridized carbons (Fsp3) is 0.688. The number of hydrogen-bond donors (Lipinski definition) is 1. The van der Waals surface area contributed by atoms with Crippen LogP contribution in [-0.4, -0.2) is 12.1 Å². The molecule has 0 aliphatic carbocycles. The molecule has 0 amide bonds. The molecule has 0 aromatic carbocycles. The summed E-state index contributed by atoms with van der Waals surface area (Å²) in [7, 11) is 1.67. The van der Waals surface area contributed by atoms with E-state index in [4.69, 9.17) is 10.5 Å². The normalized spacial score (nSPS) is 12.4. The van der Waals surface area contributed by atoms with Gasteiger partial charge in [-0.25, -0.2) is 0 Å². The zero-order valence-corrected chi connectivity index (χ0v) is 12.4. The lowest BCUT2D eigenvalue weighted by Gasteiger charge is -2.14. The highest BCUT2D eigenvalue weighted by Crippen LogP contribution is 2.24. The molecule has 0 aliphatic rings. The van der Waals surface area contributed by atoms with E-state index in [0.29, 0.717) is 0 Å². The monoisotopic (exact) mass is 264 g/mol. The van der Waals surface area contributed by atoms with Crippen molar-refractivity contribution in [3.8, 4) is 5.75 Å². The van der Waals surface area contributed by atoms with Crippen molar-refractivity contribution in [2.24, 2.45) is 5.73 Å². The number of rotatable bonds is 10. The molecule has 3 heteroatoms. The largest absolute Gasteiger partial charge is 0.495 e. The van der Waals surface area contributed by atoms with Crippen LogP contribution in [0, 0.1) is 0 Å². The fourth-order valence-electron chi connectivity index (χ4n) is 2.31. The van der Waals surface area contributed by atoms with Crippen LogP contribution >= 0.6 is 0 Å². The Morgan fingerprint density at radius 2 is 1.84 bits per heavy atom. The van der Waals surface area contributed by atoms with Gasteiger partial charge >= 0.3 is 0 Å². The van der Waals surface area contributed by atoms with Crippen LogP contribution in [0.1, 0.15) is 70.0 Å². The van der Waals surface area contributed by atoms with E-state index in [2.05, 4.69) is 11.9 Å². The van der Waals surface area contributed by atoms with Gasteiger partial charge in [0.05, 0.1) is 18.8 Å². The number of hydrogen-bond acceptors (Lipinski definition) is 3. The molecule has 0 fully saturated rings. The fourth-order valence-corrected chi connectivity index (χ4v) is 2.31. The highest BCUT2D eigenvalue weighted by atomic mass is 16.5. The van der Waals surface area contributed by atoms with Gasteiger partial charge in [-0.2, -0.15) is 0 Å². The molecule has 0 saturated carbocycles. The Kier molecular flexibility index (Phi) is 8.23. The molecule has 2 N–H and O–H groups in total. The number of methoxy groups -OCH3 is 1. The third-order valence-electron chi connectivity index (χ3n) is 3.49. The first-order chi connectivity index (χ1) is 9.29. The molecule has 108 valence electrons. The maximum absolute atomic E-state index is 6.19. The summed E-state index contributed by atoms with van der Waals surface area (Å²) >= 11 is 0. The van der Waals surface area contributed by atoms with E-state index < -0.39 is 0 Å². The summed E-state index contributed by atoms with van der Waals surface area (Å²) < 4.78 is 5.30. The number of pyridine rings is 1. The van der Waals surface area contributed by atoms with E-state index in [9.17, 15) is 0 Å². The van der Waals surface area contributed by atoms with Crippen molar-refractivity contribution in [2.45, 2.75) is 64.3 Å². The Morgan fingerprint density at radius 1 is 1.16 bits per heavy atom. The first-order valence-corrected chi connectivity index (χ1v) is 7.54. The van der Waals surface area contributed by atoms with Crippen molar-refractivity contribution < 1.29 is 4.74 Å². The summed E-state index contributed by atoms with van der Waals surface area (Å²) in [6.07, 6.45) is 11.9. The number of unbranched alkanes of at least 4 members (excludes halogenated alkanes) is 6. The molecule has 1 atom stereocenters. The van der Waals surface area contributed by atoms with E-state index in [0.717, 1.165) is 17.9 Å². The lowest BCUT2D eigenvalue weighted by Crippen LogP contribution is -2.13. The quantitative estimate of drug-likeness (QED) is 0.643. The predicted octanol–water partition coefficient (Wildman–Crippen LogP) is 4.23. The van der Waals surface area contributed by atoms with Gasteiger partial charge in [0, 0.05) is 6.20 Å². The molecule has 3 nitrogen and oxygen atoms in total. The minimum atomic E-state index is -0.00760. The average Bonchev–Trinajstić information content (AvgIpc) is 2.46. The van der Waals surface area contributed by atoms with Crippen LogP contribution in [0.3, 0.4) is 0 Å². The zero-order chi connectivity index (χ0) is 13.9. The number of ether oxygens (including phenoxy) is 1. The highest BCUT2D eigenvalue weighted by molar-refractivity contribution is 5.29. The SMILES string of the molecule is CCCCCCCCCC(N)c1ncccc1OC. The number of nitrogens with zero attached hydrogens (tertiary/aromatic N) is 1. The van der Waals surface area contributed by atoms with Crippen molar-refractivity contribution in [1.29, 1.82) is 0 Å². The summed E-state index contributed by atoms with van der Waals surface area (Å²) in [6.45, 7) is 2.25. The van der Waals surface area contributed by atoms with Crippen LogP contribution in [0.2, 0.25) is 0 Å². The van der Waals surface area contributed by atoms with Crippen LogP contribution in [0.25, 0.3) is 0 Å². The van der Waals surface area contributed by atoms with Crippen molar-refractivity contribution in [3.63, 3.8) is 0 Å². The van der Waals surface area contributed by atoms with E-state index in [1.165, 1.54) is 44.9 Å². The van der Waals surface area contributed by atoms with Crippen LogP contribution in [0.5, 0.6) is 5.75 Å². The highest BCUT2D eigenvalue weighted by Gasteiger charge is 2.12. The molecule has 1 aromatic rings. The maximum Gasteiger partial charge on any atom is 0.141 e. The molecule has 0 aliphatic heterocycles. The number of aromatic nitrogens is 1. The van der Waals surface area contributed by atoms with Gasteiger partial charge in [0.1, 0.15) is 5.75 Å². The summed E-state index contributed by atoms with van der Waals surface area (Å²) in [5.74, 6) is 0.804. The molecular formula is C16H28N2O. The second-order valence-corrected chi connectivity index (χ2v) is 5.11. The average molecular weight is 264 g/mol. The molecular weight excluding hydrogens is 236 g/mol. The second-order valence-electron chi connectivity index (χ2n) is 5.11. The Bertz CT molecular complexity index is 341. The van der Waals surface area contributed by atoms with E-state index in [1.807, 2.05) is 12.1 Å². The smallest absolute Gasteiger partial charge is 0.141 e. The summed E-state index contributed by atoms with van der Waals surface area (Å²) in [5, 5.41) is 0. The molecule has 0 saturated heterocycles. The van der Waals surface area contributed by atoms with Gasteiger partial charge < -0.3 is 10.5 Å². The van der Waals surface area contributed by atoms with Gasteiger partial charge in [0.25, 0.3) is 0 Å². The molecule has 0 bridgehead atoms. The van der Waals surface area contributed by atoms with Crippen LogP contribution in [-0.2, 0) is 0 Å². The molecule has 1 heterocycles. The van der Waals surface area contributed by atoms with Crippen LogP contribution < -0.4 is 10.5 Å². The van der Waals surface area contributed by atoms with Crippen molar-refractivity contribution in [2.75, 3.05) is 7.11 Å². The number of nitrogens with two attached hydrogens (primary N) is 1. The van der Waals surface area contributed by atoms with E-state index >= 15 is 0 Å². The molecule has 1 unspecified atom stereocenters. The standard InChI is InChI=1S/C16H28N2O/c1-3-4-5-6-7-8-9-11-14(17)16-15(19-2)12-10-13-18-16/h10,12-14H,3-9,11,17H2,1-2H3. The van der Waals surface area contributed by atoms with E-state index in [1.54, 1.807) is 13.3 Å². The van der Waals surface area contributed by atoms with Crippen molar-refractivity contribution >= 4 is 0 Å². The third kappa shape index (κ3) is 6.06. The van der Waals surface area contributed by atoms with Gasteiger partial charge in [0.2, 0.25) is 0 Å². The molecule has 0 radical (unpaired) electrons. The molecule has 19 heavy (non-hydrogen) atoms. The van der Waals surface area contributed by atoms with Gasteiger partial charge in [-0.05, 0) is 18.6 Å². The van der Waals surface area contributed by atoms with Crippen molar-refractivity contribution in [1.82, 2.24) is 4.98 Å². The van der Waals surface area contributed by atoms with E-state index in [-0.39, 0.29) is 6.04 Å². The lowest BCUT2D eigenvalue weighted by atomic mass is 10.0. The van der Waals surface area contributed by atoms with Crippen LogP contribution in [0.15, 0.2) is 18.3 Å². The molecule has 0 spiro atoms. The summed E-state index contributed by atoms with van der Waals surface area (Å²) in [6, 6.07) is 3.79. The molecule has 1 aromatic heterocycles. The first-order valence-electron chi connectivity index (χ1n) is 7.54. The topological polar surface area (TPSA) is 48.1 Å². The Hall–Kier alpha value is -1.09. The lowest BCUT2D eigenvalue weighted by molar-refractivity contribution is 0.398. The van der Waals surface area contributed by atoms with Crippen molar-refractivity contribution in [3.05, 3.63) is 24.0 Å². The summed E-state index contributed by atoms with van der Waals surface area (Å²) in [5.41, 5.74) is 7.08.